The lowest BCUT2D eigenvalue weighted by Gasteiger charge is -2.09. The Balaban J connectivity index is 2.22. The van der Waals surface area contributed by atoms with E-state index < -0.39 is 11.7 Å². The van der Waals surface area contributed by atoms with E-state index in [2.05, 4.69) is 5.32 Å². The summed E-state index contributed by atoms with van der Waals surface area (Å²) in [4.78, 5) is 23.7. The Morgan fingerprint density at radius 3 is 3.05 bits per heavy atom. The van der Waals surface area contributed by atoms with E-state index in [4.69, 9.17) is 9.15 Å². The molecule has 6 nitrogen and oxygen atoms in total. The molecule has 1 saturated heterocycles. The van der Waals surface area contributed by atoms with Crippen LogP contribution in [0.15, 0.2) is 27.4 Å². The van der Waals surface area contributed by atoms with Crippen LogP contribution in [-0.2, 0) is 4.74 Å². The van der Waals surface area contributed by atoms with Crippen molar-refractivity contribution in [2.75, 3.05) is 20.2 Å². The predicted molar refractivity (Wildman–Crippen MR) is 68.3 cm³/mol. The number of esters is 1. The van der Waals surface area contributed by atoms with Gasteiger partial charge in [0.25, 0.3) is 0 Å². The van der Waals surface area contributed by atoms with Gasteiger partial charge in [0.2, 0.25) is 0 Å². The van der Waals surface area contributed by atoms with Crippen LogP contribution in [0.2, 0.25) is 0 Å². The second-order valence-corrected chi connectivity index (χ2v) is 4.53. The minimum Gasteiger partial charge on any atom is -0.465 e. The number of benzene rings is 1. The van der Waals surface area contributed by atoms with Crippen LogP contribution in [0.3, 0.4) is 0 Å². The van der Waals surface area contributed by atoms with Crippen LogP contribution in [0.1, 0.15) is 22.8 Å². The molecule has 19 heavy (non-hydrogen) atoms. The summed E-state index contributed by atoms with van der Waals surface area (Å²) in [6.45, 7) is 1.61. The molecule has 0 aliphatic carbocycles. The average molecular weight is 262 g/mol. The van der Waals surface area contributed by atoms with E-state index in [9.17, 15) is 9.59 Å². The lowest BCUT2D eigenvalue weighted by Crippen LogP contribution is -2.22. The molecule has 1 unspecified atom stereocenters. The fourth-order valence-corrected chi connectivity index (χ4v) is 2.53. The van der Waals surface area contributed by atoms with E-state index in [1.165, 1.54) is 7.11 Å². The number of nitrogens with zero attached hydrogens (tertiary/aromatic N) is 1. The van der Waals surface area contributed by atoms with Gasteiger partial charge in [0.05, 0.1) is 18.7 Å². The molecule has 0 saturated carbocycles. The van der Waals surface area contributed by atoms with Crippen LogP contribution in [-0.4, -0.2) is 30.7 Å². The van der Waals surface area contributed by atoms with Crippen molar-refractivity contribution >= 4 is 17.1 Å². The molecule has 0 amide bonds. The Hall–Kier alpha value is -2.08. The van der Waals surface area contributed by atoms with E-state index in [0.717, 1.165) is 19.5 Å². The SMILES string of the molecule is COC(=O)c1cccc2c1oc(=O)n2C1CCNC1. The third-order valence-electron chi connectivity index (χ3n) is 3.44. The predicted octanol–water partition coefficient (Wildman–Crippen LogP) is 0.915. The van der Waals surface area contributed by atoms with Crippen molar-refractivity contribution in [1.29, 1.82) is 0 Å². The number of oxazole rings is 1. The molecule has 1 N–H and O–H groups in total. The van der Waals surface area contributed by atoms with Gasteiger partial charge in [-0.3, -0.25) is 4.57 Å². The normalized spacial score (nSPS) is 18.9. The zero-order valence-corrected chi connectivity index (χ0v) is 10.5. The first kappa shape index (κ1) is 12.0. The maximum absolute atomic E-state index is 12.0. The number of nitrogens with one attached hydrogen (secondary N) is 1. The van der Waals surface area contributed by atoms with Crippen LogP contribution in [0, 0.1) is 0 Å². The molecule has 1 atom stereocenters. The summed E-state index contributed by atoms with van der Waals surface area (Å²) < 4.78 is 11.6. The smallest absolute Gasteiger partial charge is 0.420 e. The Labute approximate surface area is 109 Å². The van der Waals surface area contributed by atoms with Gasteiger partial charge in [-0.2, -0.15) is 0 Å². The highest BCUT2D eigenvalue weighted by Crippen LogP contribution is 2.23. The molecule has 1 aliphatic heterocycles. The largest absolute Gasteiger partial charge is 0.465 e. The molecule has 2 heterocycles. The van der Waals surface area contributed by atoms with Gasteiger partial charge in [-0.05, 0) is 25.1 Å². The van der Waals surface area contributed by atoms with Crippen LogP contribution in [0.25, 0.3) is 11.1 Å². The van der Waals surface area contributed by atoms with Crippen LogP contribution >= 0.6 is 0 Å². The standard InChI is InChI=1S/C13H14N2O4/c1-18-12(16)9-3-2-4-10-11(9)19-13(17)15(10)8-5-6-14-7-8/h2-4,8,14H,5-7H2,1H3. The first-order valence-electron chi connectivity index (χ1n) is 6.15. The van der Waals surface area contributed by atoms with Gasteiger partial charge >= 0.3 is 11.7 Å². The second kappa shape index (κ2) is 4.55. The molecule has 100 valence electrons. The van der Waals surface area contributed by atoms with Crippen LogP contribution in [0.5, 0.6) is 0 Å². The van der Waals surface area contributed by atoms with Gasteiger partial charge < -0.3 is 14.5 Å². The Morgan fingerprint density at radius 1 is 1.53 bits per heavy atom. The molecule has 1 aromatic heterocycles. The number of para-hydroxylation sites is 1. The lowest BCUT2D eigenvalue weighted by atomic mass is 10.2. The van der Waals surface area contributed by atoms with E-state index >= 15 is 0 Å². The highest BCUT2D eigenvalue weighted by Gasteiger charge is 2.24. The zero-order chi connectivity index (χ0) is 13.4. The summed E-state index contributed by atoms with van der Waals surface area (Å²) in [7, 11) is 1.30. The molecule has 1 fully saturated rings. The highest BCUT2D eigenvalue weighted by molar-refractivity contribution is 6.01. The van der Waals surface area contributed by atoms with Gasteiger partial charge in [0.15, 0.2) is 5.58 Å². The maximum atomic E-state index is 12.0. The summed E-state index contributed by atoms with van der Waals surface area (Å²) in [5.41, 5.74) is 1.22. The quantitative estimate of drug-likeness (QED) is 0.814. The van der Waals surface area contributed by atoms with Gasteiger partial charge in [-0.1, -0.05) is 6.07 Å². The Bertz CT molecular complexity index is 679. The third kappa shape index (κ3) is 1.84. The lowest BCUT2D eigenvalue weighted by molar-refractivity contribution is 0.0601. The molecule has 2 aromatic rings. The summed E-state index contributed by atoms with van der Waals surface area (Å²) in [6, 6.07) is 5.17. The molecule has 0 bridgehead atoms. The molecule has 1 aliphatic rings. The topological polar surface area (TPSA) is 73.5 Å². The van der Waals surface area contributed by atoms with Crippen LogP contribution in [0.4, 0.5) is 0 Å². The number of carbonyl (C=O) groups excluding carboxylic acids is 1. The van der Waals surface area contributed by atoms with Crippen molar-refractivity contribution in [3.8, 4) is 0 Å². The van der Waals surface area contributed by atoms with Gasteiger partial charge in [0, 0.05) is 6.54 Å². The van der Waals surface area contributed by atoms with E-state index in [0.29, 0.717) is 11.1 Å². The summed E-state index contributed by atoms with van der Waals surface area (Å²) in [5.74, 6) is -0.934. The molecule has 0 radical (unpaired) electrons. The minimum absolute atomic E-state index is 0.0710. The number of aromatic nitrogens is 1. The molecule has 3 rings (SSSR count). The van der Waals surface area contributed by atoms with Gasteiger partial charge in [-0.15, -0.1) is 0 Å². The van der Waals surface area contributed by atoms with Crippen molar-refractivity contribution in [3.63, 3.8) is 0 Å². The third-order valence-corrected chi connectivity index (χ3v) is 3.44. The molecule has 6 heteroatoms. The van der Waals surface area contributed by atoms with Gasteiger partial charge in [-0.25, -0.2) is 9.59 Å². The zero-order valence-electron chi connectivity index (χ0n) is 10.5. The first-order chi connectivity index (χ1) is 9.22. The Kier molecular flexibility index (Phi) is 2.87. The highest BCUT2D eigenvalue weighted by atomic mass is 16.5. The minimum atomic E-state index is -0.504. The number of methoxy groups -OCH3 is 1. The number of ether oxygens (including phenoxy) is 1. The molecular weight excluding hydrogens is 248 g/mol. The maximum Gasteiger partial charge on any atom is 0.420 e. The number of hydrogen-bond acceptors (Lipinski definition) is 5. The van der Waals surface area contributed by atoms with Crippen molar-refractivity contribution in [1.82, 2.24) is 9.88 Å². The number of fused-ring (bicyclic) bond motifs is 1. The molecule has 1 aromatic carbocycles. The van der Waals surface area contributed by atoms with E-state index in [-0.39, 0.29) is 11.6 Å². The number of rotatable bonds is 2. The fourth-order valence-electron chi connectivity index (χ4n) is 2.53. The number of hydrogen-bond donors (Lipinski definition) is 1. The van der Waals surface area contributed by atoms with Crippen molar-refractivity contribution in [2.24, 2.45) is 0 Å². The van der Waals surface area contributed by atoms with Crippen molar-refractivity contribution in [2.45, 2.75) is 12.5 Å². The summed E-state index contributed by atoms with van der Waals surface area (Å²) >= 11 is 0. The van der Waals surface area contributed by atoms with E-state index in [1.54, 1.807) is 22.8 Å². The van der Waals surface area contributed by atoms with Gasteiger partial charge in [0.1, 0.15) is 5.56 Å². The first-order valence-corrected chi connectivity index (χ1v) is 6.15. The molecular formula is C13H14N2O4. The summed E-state index contributed by atoms with van der Waals surface area (Å²) in [5, 5.41) is 3.21. The average Bonchev–Trinajstić information content (AvgIpc) is 3.03. The van der Waals surface area contributed by atoms with Crippen LogP contribution < -0.4 is 11.1 Å². The number of carbonyl (C=O) groups is 1. The van der Waals surface area contributed by atoms with E-state index in [1.807, 2.05) is 0 Å². The molecule has 0 spiro atoms. The van der Waals surface area contributed by atoms with Crippen molar-refractivity contribution in [3.05, 3.63) is 34.3 Å². The Morgan fingerprint density at radius 2 is 2.37 bits per heavy atom. The monoisotopic (exact) mass is 262 g/mol. The second-order valence-electron chi connectivity index (χ2n) is 4.53. The van der Waals surface area contributed by atoms with Crippen molar-refractivity contribution < 1.29 is 13.9 Å². The fraction of sp³-hybridized carbons (Fsp3) is 0.385. The summed E-state index contributed by atoms with van der Waals surface area (Å²) in [6.07, 6.45) is 0.872.